The first-order valence-corrected chi connectivity index (χ1v) is 7.67. The molecule has 0 unspecified atom stereocenters. The second-order valence-electron chi connectivity index (χ2n) is 5.17. The zero-order valence-electron chi connectivity index (χ0n) is 12.7. The van der Waals surface area contributed by atoms with Gasteiger partial charge in [0.05, 0.1) is 0 Å². The van der Waals surface area contributed by atoms with Crippen LogP contribution in [0.1, 0.15) is 5.89 Å². The maximum Gasteiger partial charge on any atom is 0.250 e. The molecule has 0 spiro atoms. The molecule has 0 aliphatic rings. The van der Waals surface area contributed by atoms with E-state index in [0.29, 0.717) is 28.1 Å². The topological polar surface area (TPSA) is 82.5 Å². The van der Waals surface area contributed by atoms with Crippen LogP contribution in [0.15, 0.2) is 53.1 Å². The summed E-state index contributed by atoms with van der Waals surface area (Å²) in [6.45, 7) is 0.175. The van der Waals surface area contributed by atoms with Crippen molar-refractivity contribution >= 4 is 11.6 Å². The number of hydrogen-bond donors (Lipinski definition) is 0. The van der Waals surface area contributed by atoms with Gasteiger partial charge in [-0.3, -0.25) is 0 Å². The smallest absolute Gasteiger partial charge is 0.250 e. The Morgan fingerprint density at radius 1 is 0.960 bits per heavy atom. The monoisotopic (exact) mass is 356 g/mol. The number of aromatic nitrogens is 6. The van der Waals surface area contributed by atoms with E-state index in [0.717, 1.165) is 5.56 Å². The molecule has 0 saturated carbocycles. The van der Waals surface area contributed by atoms with Crippen LogP contribution in [0.25, 0.3) is 22.8 Å². The first-order chi connectivity index (χ1) is 12.2. The van der Waals surface area contributed by atoms with E-state index in [2.05, 4.69) is 25.6 Å². The molecule has 7 nitrogen and oxygen atoms in total. The van der Waals surface area contributed by atoms with Gasteiger partial charge in [-0.25, -0.2) is 4.39 Å². The summed E-state index contributed by atoms with van der Waals surface area (Å²) in [5.41, 5.74) is 1.46. The average molecular weight is 357 g/mol. The van der Waals surface area contributed by atoms with Gasteiger partial charge in [-0.15, -0.1) is 10.2 Å². The van der Waals surface area contributed by atoms with E-state index in [9.17, 15) is 4.39 Å². The highest BCUT2D eigenvalue weighted by Crippen LogP contribution is 2.18. The van der Waals surface area contributed by atoms with E-state index in [4.69, 9.17) is 16.1 Å². The number of halogens is 2. The lowest BCUT2D eigenvalue weighted by molar-refractivity contribution is 0.356. The third-order valence-corrected chi connectivity index (χ3v) is 3.65. The van der Waals surface area contributed by atoms with Crippen LogP contribution in [-0.4, -0.2) is 30.3 Å². The summed E-state index contributed by atoms with van der Waals surface area (Å²) < 4.78 is 18.1. The van der Waals surface area contributed by atoms with Gasteiger partial charge in [-0.1, -0.05) is 16.8 Å². The molecular formula is C16H10ClFN6O. The van der Waals surface area contributed by atoms with Crippen molar-refractivity contribution < 1.29 is 8.91 Å². The normalized spacial score (nSPS) is 11.0. The van der Waals surface area contributed by atoms with E-state index in [1.54, 1.807) is 24.3 Å². The quantitative estimate of drug-likeness (QED) is 0.558. The Morgan fingerprint density at radius 3 is 2.40 bits per heavy atom. The van der Waals surface area contributed by atoms with E-state index in [1.807, 2.05) is 12.1 Å². The molecule has 0 saturated heterocycles. The van der Waals surface area contributed by atoms with Crippen molar-refractivity contribution in [3.05, 3.63) is 65.3 Å². The SMILES string of the molecule is Fc1ccc(-c2noc(Cn3nnc(-c4ccc(Cl)cc4)n3)n2)cc1. The number of hydrogen-bond acceptors (Lipinski definition) is 6. The molecule has 0 aliphatic heterocycles. The van der Waals surface area contributed by atoms with Gasteiger partial charge < -0.3 is 4.52 Å². The van der Waals surface area contributed by atoms with Crippen LogP contribution in [-0.2, 0) is 6.54 Å². The van der Waals surface area contributed by atoms with Crippen LogP contribution in [0.4, 0.5) is 4.39 Å². The largest absolute Gasteiger partial charge is 0.337 e. The molecule has 9 heteroatoms. The first-order valence-electron chi connectivity index (χ1n) is 7.30. The summed E-state index contributed by atoms with van der Waals surface area (Å²) in [5.74, 6) is 0.830. The molecular weight excluding hydrogens is 347 g/mol. The highest BCUT2D eigenvalue weighted by molar-refractivity contribution is 6.30. The van der Waals surface area contributed by atoms with Gasteiger partial charge in [-0.2, -0.15) is 9.78 Å². The number of tetrazole rings is 1. The molecule has 4 rings (SSSR count). The van der Waals surface area contributed by atoms with Crippen molar-refractivity contribution in [2.45, 2.75) is 6.54 Å². The fourth-order valence-corrected chi connectivity index (χ4v) is 2.31. The minimum absolute atomic E-state index is 0.175. The Labute approximate surface area is 146 Å². The van der Waals surface area contributed by atoms with E-state index >= 15 is 0 Å². The molecule has 0 radical (unpaired) electrons. The summed E-state index contributed by atoms with van der Waals surface area (Å²) >= 11 is 5.86. The summed E-state index contributed by atoms with van der Waals surface area (Å²) in [5, 5.41) is 16.7. The fourth-order valence-electron chi connectivity index (χ4n) is 2.18. The molecule has 2 aromatic carbocycles. The molecule has 0 amide bonds. The molecule has 0 atom stereocenters. The fraction of sp³-hybridized carbons (Fsp3) is 0.0625. The molecule has 0 aliphatic carbocycles. The van der Waals surface area contributed by atoms with Gasteiger partial charge >= 0.3 is 0 Å². The predicted octanol–water partition coefficient (Wildman–Crippen LogP) is 3.23. The summed E-state index contributed by atoms with van der Waals surface area (Å²) in [6, 6.07) is 13.0. The second-order valence-corrected chi connectivity index (χ2v) is 5.61. The van der Waals surface area contributed by atoms with Crippen LogP contribution in [0.2, 0.25) is 5.02 Å². The zero-order chi connectivity index (χ0) is 17.2. The molecule has 124 valence electrons. The Bertz CT molecular complexity index is 914. The van der Waals surface area contributed by atoms with Gasteiger partial charge in [0, 0.05) is 16.1 Å². The molecule has 4 aromatic rings. The minimum atomic E-state index is -0.325. The molecule has 0 fully saturated rings. The molecule has 2 aromatic heterocycles. The van der Waals surface area contributed by atoms with Crippen LogP contribution in [0.3, 0.4) is 0 Å². The second kappa shape index (κ2) is 6.40. The maximum absolute atomic E-state index is 13.0. The highest BCUT2D eigenvalue weighted by atomic mass is 35.5. The van der Waals surface area contributed by atoms with Gasteiger partial charge in [0.1, 0.15) is 12.4 Å². The zero-order valence-corrected chi connectivity index (χ0v) is 13.4. The van der Waals surface area contributed by atoms with Crippen LogP contribution in [0.5, 0.6) is 0 Å². The van der Waals surface area contributed by atoms with E-state index in [1.165, 1.54) is 16.9 Å². The van der Waals surface area contributed by atoms with Gasteiger partial charge in [-0.05, 0) is 53.7 Å². The number of rotatable bonds is 4. The maximum atomic E-state index is 13.0. The third kappa shape index (κ3) is 3.38. The van der Waals surface area contributed by atoms with Crippen LogP contribution < -0.4 is 0 Å². The van der Waals surface area contributed by atoms with Crippen molar-refractivity contribution in [1.29, 1.82) is 0 Å². The first kappa shape index (κ1) is 15.4. The average Bonchev–Trinajstić information content (AvgIpc) is 3.27. The number of benzene rings is 2. The lowest BCUT2D eigenvalue weighted by Crippen LogP contribution is -2.04. The lowest BCUT2D eigenvalue weighted by Gasteiger charge is -1.94. The van der Waals surface area contributed by atoms with Gasteiger partial charge in [0.15, 0.2) is 0 Å². The van der Waals surface area contributed by atoms with Crippen molar-refractivity contribution in [2.75, 3.05) is 0 Å². The van der Waals surface area contributed by atoms with Crippen LogP contribution >= 0.6 is 11.6 Å². The number of nitrogens with zero attached hydrogens (tertiary/aromatic N) is 6. The summed E-state index contributed by atoms with van der Waals surface area (Å²) in [6.07, 6.45) is 0. The summed E-state index contributed by atoms with van der Waals surface area (Å²) in [4.78, 5) is 5.61. The van der Waals surface area contributed by atoms with Crippen molar-refractivity contribution in [3.63, 3.8) is 0 Å². The standard InChI is InChI=1S/C16H10ClFN6O/c17-12-5-1-11(2-6-12)16-20-23-24(21-16)9-14-19-15(22-25-14)10-3-7-13(18)8-4-10/h1-8H,9H2. The predicted molar refractivity (Wildman–Crippen MR) is 87.1 cm³/mol. The lowest BCUT2D eigenvalue weighted by atomic mass is 10.2. The van der Waals surface area contributed by atoms with E-state index < -0.39 is 0 Å². The molecule has 0 bridgehead atoms. The Hall–Kier alpha value is -3.13. The van der Waals surface area contributed by atoms with Crippen molar-refractivity contribution in [1.82, 2.24) is 30.3 Å². The Balaban J connectivity index is 1.51. The molecule has 0 N–H and O–H groups in total. The minimum Gasteiger partial charge on any atom is -0.337 e. The van der Waals surface area contributed by atoms with E-state index in [-0.39, 0.29) is 12.4 Å². The van der Waals surface area contributed by atoms with Crippen LogP contribution in [0, 0.1) is 5.82 Å². The van der Waals surface area contributed by atoms with Crippen molar-refractivity contribution in [2.24, 2.45) is 0 Å². The Morgan fingerprint density at radius 2 is 1.64 bits per heavy atom. The molecule has 2 heterocycles. The van der Waals surface area contributed by atoms with Crippen molar-refractivity contribution in [3.8, 4) is 22.8 Å². The van der Waals surface area contributed by atoms with Gasteiger partial charge in [0.25, 0.3) is 5.89 Å². The molecule has 25 heavy (non-hydrogen) atoms. The summed E-state index contributed by atoms with van der Waals surface area (Å²) in [7, 11) is 0. The third-order valence-electron chi connectivity index (χ3n) is 3.40. The Kier molecular flexibility index (Phi) is 3.95. The highest BCUT2D eigenvalue weighted by Gasteiger charge is 2.12. The van der Waals surface area contributed by atoms with Gasteiger partial charge in [0.2, 0.25) is 11.6 Å².